The van der Waals surface area contributed by atoms with Gasteiger partial charge in [-0.25, -0.2) is 18.4 Å². The molecule has 9 heteroatoms. The van der Waals surface area contributed by atoms with E-state index in [0.29, 0.717) is 0 Å². The molecule has 1 aromatic heterocycles. The number of nitriles is 1. The van der Waals surface area contributed by atoms with Gasteiger partial charge in [0.15, 0.2) is 11.0 Å². The predicted molar refractivity (Wildman–Crippen MR) is 74.0 cm³/mol. The zero-order chi connectivity index (χ0) is 14.8. The van der Waals surface area contributed by atoms with Crippen molar-refractivity contribution in [2.75, 3.05) is 4.72 Å². The van der Waals surface area contributed by atoms with Crippen LogP contribution in [-0.2, 0) is 10.0 Å². The third-order valence-electron chi connectivity index (χ3n) is 2.24. The number of anilines is 1. The highest BCUT2D eigenvalue weighted by molar-refractivity contribution is 7.92. The Balaban J connectivity index is 2.42. The Bertz CT molecular complexity index is 802. The smallest absolute Gasteiger partial charge is 0.261 e. The first kappa shape index (κ1) is 14.5. The van der Waals surface area contributed by atoms with Crippen molar-refractivity contribution >= 4 is 39.0 Å². The first-order chi connectivity index (χ1) is 9.44. The Kier molecular flexibility index (Phi) is 4.09. The third kappa shape index (κ3) is 2.99. The van der Waals surface area contributed by atoms with Crippen molar-refractivity contribution in [3.05, 3.63) is 46.3 Å². The van der Waals surface area contributed by atoms with Crippen LogP contribution in [0, 0.1) is 11.3 Å². The highest BCUT2D eigenvalue weighted by atomic mass is 35.5. The molecule has 0 unspecified atom stereocenters. The van der Waals surface area contributed by atoms with Gasteiger partial charge in [-0.2, -0.15) is 5.26 Å². The molecule has 2 aromatic rings. The van der Waals surface area contributed by atoms with Gasteiger partial charge in [-0.05, 0) is 18.2 Å². The van der Waals surface area contributed by atoms with Crippen LogP contribution in [0.4, 0.5) is 5.82 Å². The molecule has 0 atom stereocenters. The van der Waals surface area contributed by atoms with Crippen LogP contribution < -0.4 is 4.72 Å². The lowest BCUT2D eigenvalue weighted by Gasteiger charge is -2.09. The molecule has 0 saturated heterocycles. The van der Waals surface area contributed by atoms with Crippen molar-refractivity contribution in [1.29, 1.82) is 5.26 Å². The van der Waals surface area contributed by atoms with E-state index in [4.69, 9.17) is 28.5 Å². The molecule has 1 aromatic carbocycles. The number of sulfonamides is 1. The lowest BCUT2D eigenvalue weighted by atomic mass is 10.2. The van der Waals surface area contributed by atoms with Crippen molar-refractivity contribution in [2.24, 2.45) is 0 Å². The van der Waals surface area contributed by atoms with Gasteiger partial charge in [0, 0.05) is 12.4 Å². The first-order valence-corrected chi connectivity index (χ1v) is 7.37. The lowest BCUT2D eigenvalue weighted by Crippen LogP contribution is -2.15. The highest BCUT2D eigenvalue weighted by Gasteiger charge is 2.20. The SMILES string of the molecule is N#Cc1ccc(S(=O)(=O)Nc2nccnc2Cl)c(Cl)c1. The van der Waals surface area contributed by atoms with Crippen molar-refractivity contribution in [3.63, 3.8) is 0 Å². The standard InChI is InChI=1S/C11H6Cl2N4O2S/c12-8-5-7(6-14)1-2-9(8)20(18,19)17-11-10(13)15-3-4-16-11/h1-5H,(H,16,17). The summed E-state index contributed by atoms with van der Waals surface area (Å²) in [6.45, 7) is 0. The maximum absolute atomic E-state index is 12.2. The summed E-state index contributed by atoms with van der Waals surface area (Å²) in [4.78, 5) is 7.30. The summed E-state index contributed by atoms with van der Waals surface area (Å²) in [7, 11) is -3.97. The van der Waals surface area contributed by atoms with Crippen molar-refractivity contribution in [1.82, 2.24) is 9.97 Å². The third-order valence-corrected chi connectivity index (χ3v) is 4.33. The van der Waals surface area contributed by atoms with Crippen LogP contribution >= 0.6 is 23.2 Å². The van der Waals surface area contributed by atoms with E-state index in [1.807, 2.05) is 6.07 Å². The Morgan fingerprint density at radius 3 is 2.50 bits per heavy atom. The maximum atomic E-state index is 12.2. The molecule has 1 heterocycles. The quantitative estimate of drug-likeness (QED) is 0.933. The van der Waals surface area contributed by atoms with Gasteiger partial charge in [0.05, 0.1) is 16.7 Å². The molecule has 0 amide bonds. The van der Waals surface area contributed by atoms with Crippen molar-refractivity contribution < 1.29 is 8.42 Å². The number of hydrogen-bond acceptors (Lipinski definition) is 5. The van der Waals surface area contributed by atoms with Gasteiger partial charge in [0.2, 0.25) is 0 Å². The minimum absolute atomic E-state index is 0.0726. The van der Waals surface area contributed by atoms with E-state index in [1.54, 1.807) is 0 Å². The summed E-state index contributed by atoms with van der Waals surface area (Å²) in [5.74, 6) is -0.102. The number of halogens is 2. The fraction of sp³-hybridized carbons (Fsp3) is 0. The topological polar surface area (TPSA) is 95.7 Å². The van der Waals surface area contributed by atoms with Gasteiger partial charge in [-0.1, -0.05) is 23.2 Å². The van der Waals surface area contributed by atoms with Gasteiger partial charge in [0.1, 0.15) is 4.90 Å². The van der Waals surface area contributed by atoms with Gasteiger partial charge in [-0.15, -0.1) is 0 Å². The Morgan fingerprint density at radius 2 is 1.90 bits per heavy atom. The maximum Gasteiger partial charge on any atom is 0.264 e. The van der Waals surface area contributed by atoms with Gasteiger partial charge in [-0.3, -0.25) is 4.72 Å². The van der Waals surface area contributed by atoms with E-state index >= 15 is 0 Å². The average molecular weight is 329 g/mol. The highest BCUT2D eigenvalue weighted by Crippen LogP contribution is 2.25. The van der Waals surface area contributed by atoms with Crippen LogP contribution in [0.15, 0.2) is 35.5 Å². The second kappa shape index (κ2) is 5.63. The molecule has 0 radical (unpaired) electrons. The number of hydrogen-bond donors (Lipinski definition) is 1. The van der Waals surface area contributed by atoms with E-state index < -0.39 is 10.0 Å². The fourth-order valence-electron chi connectivity index (χ4n) is 1.36. The normalized spacial score (nSPS) is 10.8. The second-order valence-electron chi connectivity index (χ2n) is 3.56. The van der Waals surface area contributed by atoms with Crippen molar-refractivity contribution in [3.8, 4) is 6.07 Å². The molecular formula is C11H6Cl2N4O2S. The largest absolute Gasteiger partial charge is 0.264 e. The molecule has 0 aliphatic heterocycles. The molecule has 0 fully saturated rings. The second-order valence-corrected chi connectivity index (χ2v) is 5.97. The Hall–Kier alpha value is -1.88. The van der Waals surface area contributed by atoms with Gasteiger partial charge < -0.3 is 0 Å². The molecule has 0 aliphatic rings. The molecule has 102 valence electrons. The molecule has 0 saturated carbocycles. The lowest BCUT2D eigenvalue weighted by molar-refractivity contribution is 0.601. The van der Waals surface area contributed by atoms with Crippen LogP contribution in [0.3, 0.4) is 0 Å². The number of nitrogens with zero attached hydrogens (tertiary/aromatic N) is 3. The molecule has 1 N–H and O–H groups in total. The van der Waals surface area contributed by atoms with Gasteiger partial charge in [0.25, 0.3) is 10.0 Å². The summed E-state index contributed by atoms with van der Waals surface area (Å²) in [5, 5.41) is 8.56. The van der Waals surface area contributed by atoms with Gasteiger partial charge >= 0.3 is 0 Å². The van der Waals surface area contributed by atoms with Crippen LogP contribution in [0.1, 0.15) is 5.56 Å². The predicted octanol–water partition coefficient (Wildman–Crippen LogP) is 2.46. The zero-order valence-corrected chi connectivity index (χ0v) is 12.0. The summed E-state index contributed by atoms with van der Waals surface area (Å²) >= 11 is 11.6. The number of nitrogens with one attached hydrogen (secondary N) is 1. The molecular weight excluding hydrogens is 323 g/mol. The molecule has 20 heavy (non-hydrogen) atoms. The van der Waals surface area contributed by atoms with E-state index in [2.05, 4.69) is 14.7 Å². The first-order valence-electron chi connectivity index (χ1n) is 5.13. The molecule has 2 rings (SSSR count). The Labute approximate surface area is 125 Å². The minimum atomic E-state index is -3.97. The van der Waals surface area contributed by atoms with E-state index in [0.717, 1.165) is 0 Å². The van der Waals surface area contributed by atoms with E-state index in [-0.39, 0.29) is 26.5 Å². The van der Waals surface area contributed by atoms with Crippen LogP contribution in [0.2, 0.25) is 10.2 Å². The average Bonchev–Trinajstić information content (AvgIpc) is 2.40. The summed E-state index contributed by atoms with van der Waals surface area (Å²) in [5.41, 5.74) is 0.256. The molecule has 6 nitrogen and oxygen atoms in total. The number of rotatable bonds is 3. The molecule has 0 bridgehead atoms. The zero-order valence-electron chi connectivity index (χ0n) is 9.71. The molecule has 0 aliphatic carbocycles. The molecule has 0 spiro atoms. The van der Waals surface area contributed by atoms with E-state index in [9.17, 15) is 8.42 Å². The summed E-state index contributed by atoms with van der Waals surface area (Å²) in [6.07, 6.45) is 2.62. The van der Waals surface area contributed by atoms with E-state index in [1.165, 1.54) is 30.6 Å². The number of benzene rings is 1. The van der Waals surface area contributed by atoms with Crippen molar-refractivity contribution in [2.45, 2.75) is 4.90 Å². The monoisotopic (exact) mass is 328 g/mol. The van der Waals surface area contributed by atoms with Crippen LogP contribution in [0.25, 0.3) is 0 Å². The fourth-order valence-corrected chi connectivity index (χ4v) is 3.13. The Morgan fingerprint density at radius 1 is 1.20 bits per heavy atom. The number of aromatic nitrogens is 2. The van der Waals surface area contributed by atoms with Crippen LogP contribution in [-0.4, -0.2) is 18.4 Å². The minimum Gasteiger partial charge on any atom is -0.261 e. The summed E-state index contributed by atoms with van der Waals surface area (Å²) in [6, 6.07) is 5.70. The van der Waals surface area contributed by atoms with Crippen LogP contribution in [0.5, 0.6) is 0 Å². The summed E-state index contributed by atoms with van der Waals surface area (Å²) < 4.78 is 26.5.